The van der Waals surface area contributed by atoms with Gasteiger partial charge >= 0.3 is 0 Å². The van der Waals surface area contributed by atoms with Crippen molar-refractivity contribution in [3.05, 3.63) is 59.5 Å². The van der Waals surface area contributed by atoms with Crippen LogP contribution in [0.5, 0.6) is 0 Å². The molecule has 3 heteroatoms. The van der Waals surface area contributed by atoms with Crippen molar-refractivity contribution in [2.24, 2.45) is 7.05 Å². The van der Waals surface area contributed by atoms with Crippen molar-refractivity contribution in [3.8, 4) is 11.3 Å². The Labute approximate surface area is 153 Å². The van der Waals surface area contributed by atoms with Gasteiger partial charge in [-0.1, -0.05) is 13.8 Å². The number of rotatable bonds is 2. The summed E-state index contributed by atoms with van der Waals surface area (Å²) in [5.41, 5.74) is 5.89. The quantitative estimate of drug-likeness (QED) is 0.471. The fourth-order valence-electron chi connectivity index (χ4n) is 3.33. The lowest BCUT2D eigenvalue weighted by Crippen LogP contribution is -2.31. The number of hydrogen-bond donors (Lipinski definition) is 0. The van der Waals surface area contributed by atoms with E-state index in [-0.39, 0.29) is 5.69 Å². The third-order valence-corrected chi connectivity index (χ3v) is 4.64. The molecule has 3 nitrogen and oxygen atoms in total. The highest BCUT2D eigenvalue weighted by atomic mass is 16.3. The highest BCUT2D eigenvalue weighted by Gasteiger charge is 2.17. The maximum absolute atomic E-state index is 8.28. The van der Waals surface area contributed by atoms with E-state index in [0.717, 1.165) is 33.2 Å². The van der Waals surface area contributed by atoms with Gasteiger partial charge in [0, 0.05) is 51.4 Å². The van der Waals surface area contributed by atoms with E-state index in [2.05, 4.69) is 40.9 Å². The van der Waals surface area contributed by atoms with Crippen molar-refractivity contribution in [1.82, 2.24) is 4.98 Å². The van der Waals surface area contributed by atoms with Gasteiger partial charge in [-0.25, -0.2) is 4.57 Å². The first-order valence-corrected chi connectivity index (χ1v) is 8.29. The Morgan fingerprint density at radius 1 is 1.16 bits per heavy atom. The van der Waals surface area contributed by atoms with Crippen LogP contribution in [0.15, 0.2) is 47.1 Å². The summed E-state index contributed by atoms with van der Waals surface area (Å²) in [5.74, 6) is -1.81. The summed E-state index contributed by atoms with van der Waals surface area (Å²) in [4.78, 5) is 4.31. The van der Waals surface area contributed by atoms with E-state index in [0.29, 0.717) is 5.58 Å². The molecule has 3 heterocycles. The van der Waals surface area contributed by atoms with Crippen LogP contribution < -0.4 is 4.57 Å². The largest absolute Gasteiger partial charge is 0.456 e. The molecule has 0 N–H and O–H groups in total. The molecule has 3 aromatic heterocycles. The van der Waals surface area contributed by atoms with Gasteiger partial charge in [-0.3, -0.25) is 4.98 Å². The smallest absolute Gasteiger partial charge is 0.212 e. The normalized spacial score (nSPS) is 17.0. The van der Waals surface area contributed by atoms with Gasteiger partial charge < -0.3 is 4.42 Å². The molecule has 25 heavy (non-hydrogen) atoms. The molecule has 0 aliphatic heterocycles. The predicted octanol–water partition coefficient (Wildman–Crippen LogP) is 5.21. The number of fused-ring (bicyclic) bond motifs is 3. The first kappa shape index (κ1) is 11.8. The number of hydrogen-bond acceptors (Lipinski definition) is 2. The Morgan fingerprint density at radius 2 is 1.96 bits per heavy atom. The predicted molar refractivity (Wildman–Crippen MR) is 102 cm³/mol. The first-order chi connectivity index (χ1) is 13.5. The fraction of sp³-hybridized carbons (Fsp3) is 0.273. The molecule has 0 aliphatic carbocycles. The van der Waals surface area contributed by atoms with E-state index in [1.165, 1.54) is 12.5 Å². The molecule has 0 bridgehead atoms. The lowest BCUT2D eigenvalue weighted by molar-refractivity contribution is -0.660. The van der Waals surface area contributed by atoms with Crippen LogP contribution in [-0.2, 0) is 7.05 Å². The lowest BCUT2D eigenvalue weighted by atomic mass is 10.0. The van der Waals surface area contributed by atoms with Crippen LogP contribution in [0.4, 0.5) is 0 Å². The highest BCUT2D eigenvalue weighted by molar-refractivity contribution is 6.06. The monoisotopic (exact) mass is 335 g/mol. The molecule has 1 unspecified atom stereocenters. The number of benzene rings is 1. The standard InChI is InChI=1S/C22H23N2O/c1-13(2)19-10-22-18(11-23-19)17-9-16(15(4)8-21(17)25-22)20-7-6-14(3)12-24(20)5/h6-13H,1-5H3/q+1/i1D3,13D. The number of aryl methyl sites for hydroxylation is 3. The van der Waals surface area contributed by atoms with Crippen LogP contribution in [0.25, 0.3) is 33.2 Å². The lowest BCUT2D eigenvalue weighted by Gasteiger charge is -2.05. The molecule has 126 valence electrons. The zero-order valence-corrected chi connectivity index (χ0v) is 14.8. The van der Waals surface area contributed by atoms with E-state index in [1.54, 1.807) is 12.3 Å². The summed E-state index contributed by atoms with van der Waals surface area (Å²) < 4.78 is 39.3. The van der Waals surface area contributed by atoms with Crippen LogP contribution in [0.1, 0.15) is 42.0 Å². The molecular weight excluding hydrogens is 308 g/mol. The first-order valence-electron chi connectivity index (χ1n) is 10.3. The van der Waals surface area contributed by atoms with Crippen molar-refractivity contribution < 1.29 is 14.5 Å². The van der Waals surface area contributed by atoms with E-state index >= 15 is 0 Å². The van der Waals surface area contributed by atoms with Crippen molar-refractivity contribution in [3.63, 3.8) is 0 Å². The van der Waals surface area contributed by atoms with Gasteiger partial charge in [0.1, 0.15) is 18.2 Å². The maximum Gasteiger partial charge on any atom is 0.212 e. The van der Waals surface area contributed by atoms with Crippen molar-refractivity contribution in [2.75, 3.05) is 0 Å². The molecular formula is C22H23N2O+. The SMILES string of the molecule is [2H]C([2H])([2H])C([2H])(C)c1cc2oc3cc(C)c(-c4ccc(C)c[n+]4C)cc3c2cn1. The van der Waals surface area contributed by atoms with Crippen molar-refractivity contribution in [2.45, 2.75) is 33.5 Å². The Morgan fingerprint density at radius 3 is 2.72 bits per heavy atom. The minimum Gasteiger partial charge on any atom is -0.456 e. The second-order valence-electron chi connectivity index (χ2n) is 6.66. The van der Waals surface area contributed by atoms with Crippen LogP contribution in [-0.4, -0.2) is 4.98 Å². The van der Waals surface area contributed by atoms with Gasteiger partial charge in [-0.2, -0.15) is 0 Å². The summed E-state index contributed by atoms with van der Waals surface area (Å²) in [7, 11) is 2.02. The molecule has 4 aromatic rings. The second kappa shape index (κ2) is 5.69. The van der Waals surface area contributed by atoms with Crippen LogP contribution >= 0.6 is 0 Å². The average molecular weight is 335 g/mol. The van der Waals surface area contributed by atoms with Crippen molar-refractivity contribution in [1.29, 1.82) is 0 Å². The topological polar surface area (TPSA) is 29.9 Å². The van der Waals surface area contributed by atoms with E-state index in [4.69, 9.17) is 9.90 Å². The van der Waals surface area contributed by atoms with Gasteiger partial charge in [-0.15, -0.1) is 0 Å². The Kier molecular flexibility index (Phi) is 2.69. The van der Waals surface area contributed by atoms with Gasteiger partial charge in [0.2, 0.25) is 5.69 Å². The van der Waals surface area contributed by atoms with Crippen LogP contribution in [0.3, 0.4) is 0 Å². The molecule has 4 rings (SSSR count). The molecule has 0 saturated carbocycles. The summed E-state index contributed by atoms with van der Waals surface area (Å²) in [6.07, 6.45) is 3.70. The third-order valence-electron chi connectivity index (χ3n) is 4.64. The van der Waals surface area contributed by atoms with Crippen molar-refractivity contribution >= 4 is 21.9 Å². The van der Waals surface area contributed by atoms with Gasteiger partial charge in [-0.05, 0) is 43.5 Å². The molecule has 1 atom stereocenters. The summed E-state index contributed by atoms with van der Waals surface area (Å²) >= 11 is 0. The van der Waals surface area contributed by atoms with E-state index < -0.39 is 12.7 Å². The van der Waals surface area contributed by atoms with Gasteiger partial charge in [0.05, 0.1) is 0 Å². The number of nitrogens with zero attached hydrogens (tertiary/aromatic N) is 2. The minimum atomic E-state index is -2.48. The molecule has 0 aliphatic rings. The van der Waals surface area contributed by atoms with E-state index in [1.807, 2.05) is 20.0 Å². The maximum atomic E-state index is 8.28. The Bertz CT molecular complexity index is 1260. The van der Waals surface area contributed by atoms with Crippen LogP contribution in [0, 0.1) is 13.8 Å². The average Bonchev–Trinajstić information content (AvgIpc) is 2.96. The number of aromatic nitrogens is 2. The summed E-state index contributed by atoms with van der Waals surface area (Å²) in [6.45, 7) is 2.98. The molecule has 0 radical (unpaired) electrons. The van der Waals surface area contributed by atoms with Crippen LogP contribution in [0.2, 0.25) is 0 Å². The number of pyridine rings is 2. The molecule has 0 fully saturated rings. The summed E-state index contributed by atoms with van der Waals surface area (Å²) in [5, 5.41) is 1.72. The number of furan rings is 1. The molecule has 0 amide bonds. The Hall–Kier alpha value is -2.68. The molecule has 0 spiro atoms. The molecule has 1 aromatic carbocycles. The third kappa shape index (κ3) is 2.60. The second-order valence-corrected chi connectivity index (χ2v) is 6.66. The zero-order chi connectivity index (χ0) is 21.1. The van der Waals surface area contributed by atoms with Gasteiger partial charge in [0.25, 0.3) is 0 Å². The fourth-order valence-corrected chi connectivity index (χ4v) is 3.33. The molecule has 0 saturated heterocycles. The Balaban J connectivity index is 1.92. The van der Waals surface area contributed by atoms with Gasteiger partial charge in [0.15, 0.2) is 6.20 Å². The highest BCUT2D eigenvalue weighted by Crippen LogP contribution is 2.34. The summed E-state index contributed by atoms with van der Waals surface area (Å²) in [6, 6.07) is 9.85. The zero-order valence-electron chi connectivity index (χ0n) is 18.8. The van der Waals surface area contributed by atoms with E-state index in [9.17, 15) is 0 Å². The minimum absolute atomic E-state index is 0.172.